The molecule has 1 aliphatic rings. The minimum atomic E-state index is 0.0903. The van der Waals surface area contributed by atoms with E-state index in [2.05, 4.69) is 41.4 Å². The minimum absolute atomic E-state index is 0.0903. The Balaban J connectivity index is 2.01. The second kappa shape index (κ2) is 5.52. The number of likely N-dealkylation sites (tertiary alicyclic amines) is 1. The van der Waals surface area contributed by atoms with Gasteiger partial charge in [-0.3, -0.25) is 0 Å². The summed E-state index contributed by atoms with van der Waals surface area (Å²) in [5.74, 6) is 0. The molecule has 1 aromatic rings. The van der Waals surface area contributed by atoms with Gasteiger partial charge in [0.15, 0.2) is 0 Å². The number of anilines is 1. The van der Waals surface area contributed by atoms with Gasteiger partial charge in [-0.2, -0.15) is 0 Å². The van der Waals surface area contributed by atoms with Crippen molar-refractivity contribution >= 4 is 5.69 Å². The number of nitrogens with one attached hydrogen (secondary N) is 1. The largest absolute Gasteiger partial charge is 0.378 e. The Morgan fingerprint density at radius 2 is 1.88 bits per heavy atom. The Morgan fingerprint density at radius 1 is 1.24 bits per heavy atom. The van der Waals surface area contributed by atoms with E-state index in [-0.39, 0.29) is 5.54 Å². The molecule has 1 aliphatic heterocycles. The standard InChI is InChI=1S/C14H23N3/c1-2-17-10-8-14(12-15,9-11-17)16-13-6-4-3-5-7-13/h3-7,16H,2,8-12,15H2,1H3. The van der Waals surface area contributed by atoms with Gasteiger partial charge in [0.25, 0.3) is 0 Å². The summed E-state index contributed by atoms with van der Waals surface area (Å²) in [5, 5.41) is 3.64. The van der Waals surface area contributed by atoms with Crippen molar-refractivity contribution in [1.29, 1.82) is 0 Å². The number of nitrogens with zero attached hydrogens (tertiary/aromatic N) is 1. The summed E-state index contributed by atoms with van der Waals surface area (Å²) in [5.41, 5.74) is 7.27. The molecule has 94 valence electrons. The van der Waals surface area contributed by atoms with Crippen LogP contribution >= 0.6 is 0 Å². The highest BCUT2D eigenvalue weighted by atomic mass is 15.2. The fourth-order valence-corrected chi connectivity index (χ4v) is 2.51. The molecule has 0 saturated carbocycles. The maximum absolute atomic E-state index is 5.99. The van der Waals surface area contributed by atoms with E-state index in [9.17, 15) is 0 Å². The lowest BCUT2D eigenvalue weighted by atomic mass is 9.87. The van der Waals surface area contributed by atoms with E-state index < -0.39 is 0 Å². The average molecular weight is 233 g/mol. The summed E-state index contributed by atoms with van der Waals surface area (Å²) >= 11 is 0. The van der Waals surface area contributed by atoms with Gasteiger partial charge in [0, 0.05) is 25.3 Å². The van der Waals surface area contributed by atoms with Crippen LogP contribution in [0.25, 0.3) is 0 Å². The van der Waals surface area contributed by atoms with Crippen molar-refractivity contribution in [2.45, 2.75) is 25.3 Å². The minimum Gasteiger partial charge on any atom is -0.378 e. The Kier molecular flexibility index (Phi) is 4.02. The van der Waals surface area contributed by atoms with Crippen LogP contribution in [0, 0.1) is 0 Å². The van der Waals surface area contributed by atoms with Gasteiger partial charge in [-0.05, 0) is 31.5 Å². The lowest BCUT2D eigenvalue weighted by molar-refractivity contribution is 0.184. The summed E-state index contributed by atoms with van der Waals surface area (Å²) < 4.78 is 0. The van der Waals surface area contributed by atoms with Crippen molar-refractivity contribution in [2.24, 2.45) is 5.73 Å². The first-order valence-corrected chi connectivity index (χ1v) is 6.54. The maximum Gasteiger partial charge on any atom is 0.0520 e. The van der Waals surface area contributed by atoms with Gasteiger partial charge in [0.1, 0.15) is 0 Å². The van der Waals surface area contributed by atoms with Crippen LogP contribution < -0.4 is 11.1 Å². The maximum atomic E-state index is 5.99. The molecular weight excluding hydrogens is 210 g/mol. The molecular formula is C14H23N3. The van der Waals surface area contributed by atoms with Crippen LogP contribution in [0.15, 0.2) is 30.3 Å². The van der Waals surface area contributed by atoms with E-state index in [1.807, 2.05) is 6.07 Å². The third kappa shape index (κ3) is 2.99. The summed E-state index contributed by atoms with van der Waals surface area (Å²) in [6.07, 6.45) is 2.26. The summed E-state index contributed by atoms with van der Waals surface area (Å²) in [6.45, 7) is 6.37. The van der Waals surface area contributed by atoms with Crippen molar-refractivity contribution in [3.63, 3.8) is 0 Å². The molecule has 0 aliphatic carbocycles. The van der Waals surface area contributed by atoms with E-state index in [1.165, 1.54) is 5.69 Å². The fourth-order valence-electron chi connectivity index (χ4n) is 2.51. The second-order valence-electron chi connectivity index (χ2n) is 4.91. The SMILES string of the molecule is CCN1CCC(CN)(Nc2ccccc2)CC1. The number of hydrogen-bond acceptors (Lipinski definition) is 3. The van der Waals surface area contributed by atoms with Gasteiger partial charge in [0.2, 0.25) is 0 Å². The third-order valence-corrected chi connectivity index (χ3v) is 3.83. The third-order valence-electron chi connectivity index (χ3n) is 3.83. The predicted octanol–water partition coefficient (Wildman–Crippen LogP) is 1.91. The van der Waals surface area contributed by atoms with Crippen LogP contribution in [0.1, 0.15) is 19.8 Å². The normalized spacial score (nSPS) is 20.1. The number of hydrogen-bond donors (Lipinski definition) is 2. The zero-order valence-corrected chi connectivity index (χ0v) is 10.7. The van der Waals surface area contributed by atoms with Gasteiger partial charge >= 0.3 is 0 Å². The Labute approximate surface area is 104 Å². The van der Waals surface area contributed by atoms with Crippen LogP contribution in [-0.2, 0) is 0 Å². The highest BCUT2D eigenvalue weighted by Crippen LogP contribution is 2.25. The Bertz CT molecular complexity index is 329. The zero-order chi connectivity index (χ0) is 12.1. The first kappa shape index (κ1) is 12.4. The average Bonchev–Trinajstić information content (AvgIpc) is 2.41. The van der Waals surface area contributed by atoms with Gasteiger partial charge in [0.05, 0.1) is 5.54 Å². The van der Waals surface area contributed by atoms with Crippen LogP contribution in [0.5, 0.6) is 0 Å². The summed E-state index contributed by atoms with van der Waals surface area (Å²) in [6, 6.07) is 10.4. The van der Waals surface area contributed by atoms with Crippen LogP contribution in [0.4, 0.5) is 5.69 Å². The molecule has 3 nitrogen and oxygen atoms in total. The smallest absolute Gasteiger partial charge is 0.0520 e. The molecule has 0 amide bonds. The van der Waals surface area contributed by atoms with E-state index in [0.29, 0.717) is 6.54 Å². The molecule has 2 rings (SSSR count). The molecule has 17 heavy (non-hydrogen) atoms. The topological polar surface area (TPSA) is 41.3 Å². The molecule has 1 aromatic carbocycles. The van der Waals surface area contributed by atoms with E-state index in [0.717, 1.165) is 32.5 Å². The Morgan fingerprint density at radius 3 is 2.41 bits per heavy atom. The fraction of sp³-hybridized carbons (Fsp3) is 0.571. The quantitative estimate of drug-likeness (QED) is 0.834. The predicted molar refractivity (Wildman–Crippen MR) is 73.2 cm³/mol. The van der Waals surface area contributed by atoms with Gasteiger partial charge < -0.3 is 16.0 Å². The molecule has 0 aromatic heterocycles. The lowest BCUT2D eigenvalue weighted by Gasteiger charge is -2.42. The Hall–Kier alpha value is -1.06. The molecule has 0 bridgehead atoms. The molecule has 0 radical (unpaired) electrons. The van der Waals surface area contributed by atoms with Crippen LogP contribution in [0.3, 0.4) is 0 Å². The second-order valence-corrected chi connectivity index (χ2v) is 4.91. The molecule has 0 atom stereocenters. The van der Waals surface area contributed by atoms with Gasteiger partial charge in [-0.1, -0.05) is 25.1 Å². The highest BCUT2D eigenvalue weighted by molar-refractivity contribution is 5.45. The number of para-hydroxylation sites is 1. The molecule has 1 saturated heterocycles. The summed E-state index contributed by atoms with van der Waals surface area (Å²) in [4.78, 5) is 2.49. The van der Waals surface area contributed by atoms with E-state index >= 15 is 0 Å². The van der Waals surface area contributed by atoms with Crippen molar-refractivity contribution in [3.05, 3.63) is 30.3 Å². The number of piperidine rings is 1. The molecule has 3 N–H and O–H groups in total. The zero-order valence-electron chi connectivity index (χ0n) is 10.7. The van der Waals surface area contributed by atoms with Crippen molar-refractivity contribution < 1.29 is 0 Å². The highest BCUT2D eigenvalue weighted by Gasteiger charge is 2.32. The first-order valence-electron chi connectivity index (χ1n) is 6.54. The van der Waals surface area contributed by atoms with Crippen molar-refractivity contribution in [1.82, 2.24) is 4.90 Å². The van der Waals surface area contributed by atoms with E-state index in [1.54, 1.807) is 0 Å². The molecule has 1 heterocycles. The summed E-state index contributed by atoms with van der Waals surface area (Å²) in [7, 11) is 0. The first-order chi connectivity index (χ1) is 8.28. The molecule has 1 fully saturated rings. The van der Waals surface area contributed by atoms with Crippen molar-refractivity contribution in [2.75, 3.05) is 31.5 Å². The van der Waals surface area contributed by atoms with E-state index in [4.69, 9.17) is 5.73 Å². The number of benzene rings is 1. The number of rotatable bonds is 4. The molecule has 0 spiro atoms. The van der Waals surface area contributed by atoms with Crippen molar-refractivity contribution in [3.8, 4) is 0 Å². The van der Waals surface area contributed by atoms with Gasteiger partial charge in [-0.25, -0.2) is 0 Å². The number of nitrogens with two attached hydrogens (primary N) is 1. The van der Waals surface area contributed by atoms with Crippen LogP contribution in [0.2, 0.25) is 0 Å². The molecule has 3 heteroatoms. The monoisotopic (exact) mass is 233 g/mol. The van der Waals surface area contributed by atoms with Gasteiger partial charge in [-0.15, -0.1) is 0 Å². The molecule has 0 unspecified atom stereocenters. The van der Waals surface area contributed by atoms with Crippen LogP contribution in [-0.4, -0.2) is 36.6 Å². The lowest BCUT2D eigenvalue weighted by Crippen LogP contribution is -2.53.